The molecule has 0 radical (unpaired) electrons. The van der Waals surface area contributed by atoms with Gasteiger partial charge in [-0.25, -0.2) is 13.9 Å². The van der Waals surface area contributed by atoms with Crippen LogP contribution in [0, 0.1) is 0 Å². The number of methoxy groups -OCH3 is 1. The summed E-state index contributed by atoms with van der Waals surface area (Å²) in [5.74, 6) is 0. The van der Waals surface area contributed by atoms with Gasteiger partial charge in [-0.1, -0.05) is 0 Å². The minimum Gasteiger partial charge on any atom is -0.374 e. The smallest absolute Gasteiger partial charge is 0.374 e. The molecule has 1 aliphatic rings. The van der Waals surface area contributed by atoms with E-state index in [1.54, 1.807) is 0 Å². The van der Waals surface area contributed by atoms with Crippen molar-refractivity contribution in [3.63, 3.8) is 0 Å². The first-order valence-electron chi connectivity index (χ1n) is 7.92. The minimum absolute atomic E-state index is 0.750. The van der Waals surface area contributed by atoms with Gasteiger partial charge in [-0.3, -0.25) is 23.4 Å². The van der Waals surface area contributed by atoms with Gasteiger partial charge in [0.25, 0.3) is 5.56 Å². The molecule has 1 aliphatic heterocycles. The molecule has 0 spiro atoms. The highest BCUT2D eigenvalue weighted by Gasteiger charge is 2.62. The molecule has 0 aliphatic carbocycles. The monoisotopic (exact) mass is 527 g/mol. The molecular formula is C11H18N2O14P3S+. The Labute approximate surface area is 178 Å². The second-order valence-electron chi connectivity index (χ2n) is 6.08. The third-order valence-electron chi connectivity index (χ3n) is 4.01. The van der Waals surface area contributed by atoms with Crippen LogP contribution in [0.5, 0.6) is 0 Å². The standard InChI is InChI=1S/C11H17N2O14P3S/c1-23-7-8(27-28(16)31)11(4-24-29(17,18)19,5-25-30(20,21)22)26-9(7)13-3-2-6(14)12-10(13)15/h2-3,7-9H,4-5H2,1H3,(H5-,12,14,15,16,17,18,19,20,21,22,31)/p+1. The van der Waals surface area contributed by atoms with E-state index in [-0.39, 0.29) is 0 Å². The zero-order valence-electron chi connectivity index (χ0n) is 15.4. The number of aromatic nitrogens is 2. The second kappa shape index (κ2) is 10.0. The summed E-state index contributed by atoms with van der Waals surface area (Å²) >= 11 is 3.60. The summed E-state index contributed by atoms with van der Waals surface area (Å²) in [5, 5.41) is 0. The van der Waals surface area contributed by atoms with E-state index in [9.17, 15) is 23.3 Å². The van der Waals surface area contributed by atoms with Gasteiger partial charge in [-0.2, -0.15) is 0 Å². The van der Waals surface area contributed by atoms with E-state index in [0.717, 1.165) is 23.9 Å². The molecular weight excluding hydrogens is 509 g/mol. The summed E-state index contributed by atoms with van der Waals surface area (Å²) in [6, 6.07) is 0.949. The van der Waals surface area contributed by atoms with Crippen LogP contribution in [0.3, 0.4) is 0 Å². The average Bonchev–Trinajstić information content (AvgIpc) is 2.90. The molecule has 5 N–H and O–H groups in total. The van der Waals surface area contributed by atoms with Crippen molar-refractivity contribution in [1.82, 2.24) is 9.55 Å². The topological polar surface area (TPSA) is 233 Å². The molecule has 1 saturated heterocycles. The number of aromatic amines is 1. The van der Waals surface area contributed by atoms with Gasteiger partial charge in [-0.05, 0) is 4.57 Å². The Morgan fingerprint density at radius 1 is 1.23 bits per heavy atom. The van der Waals surface area contributed by atoms with Crippen LogP contribution in [-0.4, -0.2) is 67.3 Å². The summed E-state index contributed by atoms with van der Waals surface area (Å²) in [5.41, 5.74) is -4.01. The zero-order valence-corrected chi connectivity index (χ0v) is 19.0. The first-order valence-corrected chi connectivity index (χ1v) is 13.3. The van der Waals surface area contributed by atoms with E-state index in [1.165, 1.54) is 0 Å². The summed E-state index contributed by atoms with van der Waals surface area (Å²) in [7, 11) is -11.9. The lowest BCUT2D eigenvalue weighted by molar-refractivity contribution is -0.142. The van der Waals surface area contributed by atoms with Crippen LogP contribution in [0.15, 0.2) is 21.9 Å². The highest BCUT2D eigenvalue weighted by Crippen LogP contribution is 2.49. The first kappa shape index (κ1) is 26.5. The van der Waals surface area contributed by atoms with Crippen LogP contribution in [0.4, 0.5) is 0 Å². The lowest BCUT2D eigenvalue weighted by Gasteiger charge is -2.31. The molecule has 0 amide bonds. The lowest BCUT2D eigenvalue weighted by atomic mass is 9.97. The number of H-pyrrole nitrogens is 1. The van der Waals surface area contributed by atoms with Crippen molar-refractivity contribution in [2.75, 3.05) is 20.3 Å². The van der Waals surface area contributed by atoms with Crippen LogP contribution < -0.4 is 11.2 Å². The number of nitrogens with one attached hydrogen (secondary N) is 1. The van der Waals surface area contributed by atoms with Crippen LogP contribution in [-0.2, 0) is 36.7 Å². The van der Waals surface area contributed by atoms with Gasteiger partial charge >= 0.3 is 28.6 Å². The Balaban J connectivity index is 2.60. The minimum atomic E-state index is -5.16. The van der Waals surface area contributed by atoms with Crippen molar-refractivity contribution in [1.29, 1.82) is 0 Å². The van der Waals surface area contributed by atoms with Crippen molar-refractivity contribution in [2.24, 2.45) is 0 Å². The number of hydrogen-bond donors (Lipinski definition) is 6. The molecule has 16 nitrogen and oxygen atoms in total. The third kappa shape index (κ3) is 7.11. The molecule has 4 atom stereocenters. The summed E-state index contributed by atoms with van der Waals surface area (Å²) in [6.07, 6.45) is -3.53. The van der Waals surface area contributed by atoms with Crippen molar-refractivity contribution in [3.05, 3.63) is 33.1 Å². The average molecular weight is 527 g/mol. The number of thiol groups is 1. The van der Waals surface area contributed by atoms with Gasteiger partial charge in [0.15, 0.2) is 17.9 Å². The first-order chi connectivity index (χ1) is 14.2. The van der Waals surface area contributed by atoms with E-state index >= 15 is 0 Å². The fourth-order valence-corrected chi connectivity index (χ4v) is 4.40. The Bertz CT molecular complexity index is 989. The van der Waals surface area contributed by atoms with Gasteiger partial charge in [0, 0.05) is 19.4 Å². The van der Waals surface area contributed by atoms with Crippen molar-refractivity contribution >= 4 is 35.1 Å². The predicted molar refractivity (Wildman–Crippen MR) is 102 cm³/mol. The molecule has 0 aromatic carbocycles. The third-order valence-corrected chi connectivity index (χ3v) is 5.63. The van der Waals surface area contributed by atoms with Gasteiger partial charge in [0.1, 0.15) is 18.4 Å². The predicted octanol–water partition coefficient (Wildman–Crippen LogP) is -0.990. The molecule has 2 heterocycles. The number of rotatable bonds is 10. The molecule has 0 bridgehead atoms. The highest BCUT2D eigenvalue weighted by atomic mass is 32.7. The second-order valence-corrected chi connectivity index (χ2v) is 10.2. The Kier molecular flexibility index (Phi) is 8.55. The fourth-order valence-electron chi connectivity index (χ4n) is 2.82. The number of hydrogen-bond acceptors (Lipinski definition) is 10. The quantitative estimate of drug-likeness (QED) is 0.158. The maximum atomic E-state index is 12.2. The molecule has 20 heteroatoms. The Hall–Kier alpha value is -0.770. The Morgan fingerprint density at radius 3 is 2.19 bits per heavy atom. The molecule has 2 rings (SSSR count). The number of ether oxygens (including phenoxy) is 2. The highest BCUT2D eigenvalue weighted by molar-refractivity contribution is 8.39. The van der Waals surface area contributed by atoms with E-state index in [4.69, 9.17) is 33.6 Å². The van der Waals surface area contributed by atoms with Crippen LogP contribution >= 0.6 is 35.1 Å². The maximum Gasteiger partial charge on any atom is 0.582 e. The molecule has 1 aromatic rings. The maximum absolute atomic E-state index is 12.2. The van der Waals surface area contributed by atoms with Gasteiger partial charge < -0.3 is 29.0 Å². The van der Waals surface area contributed by atoms with Crippen molar-refractivity contribution in [3.8, 4) is 0 Å². The number of nitrogens with zero attached hydrogens (tertiary/aromatic N) is 1. The van der Waals surface area contributed by atoms with Crippen LogP contribution in [0.1, 0.15) is 6.23 Å². The van der Waals surface area contributed by atoms with Crippen molar-refractivity contribution < 1.29 is 56.3 Å². The molecule has 0 saturated carbocycles. The normalized spacial score (nSPS) is 24.3. The molecule has 176 valence electrons. The van der Waals surface area contributed by atoms with E-state index < -0.39 is 71.4 Å². The van der Waals surface area contributed by atoms with Crippen LogP contribution in [0.25, 0.3) is 0 Å². The zero-order chi connectivity index (χ0) is 23.6. The largest absolute Gasteiger partial charge is 0.582 e. The van der Waals surface area contributed by atoms with Gasteiger partial charge in [0.2, 0.25) is 0 Å². The van der Waals surface area contributed by atoms with Gasteiger partial charge in [-0.15, -0.1) is 4.52 Å². The summed E-state index contributed by atoms with van der Waals surface area (Å²) < 4.78 is 59.8. The SMILES string of the molecule is COC1C(n2ccc(=O)[nH]c2=O)OC(COP(=O)(O)O)(COP(=O)(O)O)C1O[P+](=O)S. The summed E-state index contributed by atoms with van der Waals surface area (Å²) in [6.45, 7) is -2.21. The van der Waals surface area contributed by atoms with E-state index in [2.05, 4.69) is 21.3 Å². The fraction of sp³-hybridized carbons (Fsp3) is 0.636. The van der Waals surface area contributed by atoms with E-state index in [0.29, 0.717) is 0 Å². The molecule has 31 heavy (non-hydrogen) atoms. The van der Waals surface area contributed by atoms with Gasteiger partial charge in [0.05, 0.1) is 13.2 Å². The lowest BCUT2D eigenvalue weighted by Crippen LogP contribution is -2.51. The van der Waals surface area contributed by atoms with E-state index in [1.807, 2.05) is 4.98 Å². The molecule has 1 aromatic heterocycles. The van der Waals surface area contributed by atoms with Crippen LogP contribution in [0.2, 0.25) is 0 Å². The molecule has 1 fully saturated rings. The molecule has 4 unspecified atom stereocenters. The number of phosphoric ester groups is 2. The Morgan fingerprint density at radius 2 is 1.77 bits per heavy atom. The number of phosphoric acid groups is 2. The summed E-state index contributed by atoms with van der Waals surface area (Å²) in [4.78, 5) is 61.8. The van der Waals surface area contributed by atoms with Crippen molar-refractivity contribution in [2.45, 2.75) is 24.0 Å².